The molecule has 2 aromatic carbocycles. The number of amides is 5. The van der Waals surface area contributed by atoms with Gasteiger partial charge in [-0.1, -0.05) is 108 Å². The second kappa shape index (κ2) is 17.7. The molecule has 1 saturated heterocycles. The number of carbonyl (C=O) groups excluding carboxylic acids is 3. The number of hydrazine groups is 1. The van der Waals surface area contributed by atoms with Crippen LogP contribution in [0.3, 0.4) is 0 Å². The third-order valence-corrected chi connectivity index (χ3v) is 9.18. The van der Waals surface area contributed by atoms with Gasteiger partial charge >= 0.3 is 12.1 Å². The first kappa shape index (κ1) is 40.8. The van der Waals surface area contributed by atoms with E-state index in [4.69, 9.17) is 0 Å². The number of urea groups is 1. The number of aliphatic hydroxyl groups excluding tert-OH is 1. The molecule has 4 rings (SSSR count). The number of nitrogens with one attached hydrogen (secondary N) is 3. The van der Waals surface area contributed by atoms with Crippen LogP contribution in [0.25, 0.3) is 0 Å². The molecule has 53 heavy (non-hydrogen) atoms. The van der Waals surface area contributed by atoms with Crippen LogP contribution in [0.1, 0.15) is 64.1 Å². The molecule has 1 aliphatic heterocycles. The summed E-state index contributed by atoms with van der Waals surface area (Å²) in [7, 11) is 0. The average Bonchev–Trinajstić information content (AvgIpc) is 3.41. The number of aliphatic hydroxyl groups is 1. The van der Waals surface area contributed by atoms with Crippen LogP contribution in [0.4, 0.5) is 9.59 Å². The van der Waals surface area contributed by atoms with Gasteiger partial charge in [0.15, 0.2) is 0 Å². The average molecular weight is 730 g/mol. The molecule has 1 aliphatic rings. The summed E-state index contributed by atoms with van der Waals surface area (Å²) in [6.45, 7) is 14.1. The lowest BCUT2D eigenvalue weighted by molar-refractivity contribution is -0.133. The molecule has 1 aromatic heterocycles. The molecule has 0 unspecified atom stereocenters. The number of aromatic nitrogens is 1. The molecule has 0 aliphatic carbocycles. The number of carbonyl (C=O) groups is 4. The molecule has 2 heterocycles. The second-order valence-electron chi connectivity index (χ2n) is 15.9. The van der Waals surface area contributed by atoms with E-state index in [1.54, 1.807) is 30.6 Å². The Morgan fingerprint density at radius 1 is 0.830 bits per heavy atom. The standard InChI is InChI=1S/C40H55N7O6/c1-27-15-14-20-30(41-27)25-45-21-22-47(38(45)53)34(40(5,6)7)36(50)42-31(23-28-16-10-8-11-17-28)32(48)26-46(24-29-18-12-9-13-19-29)44-35(49)33(39(2,3)4)43-37(51)52/h8-20,31-34,43,48H,21-26H2,1-7H3,(H,42,50)(H,44,49)(H,51,52)/t31-,32-,33+,34+/m0/s1. The van der Waals surface area contributed by atoms with Crippen molar-refractivity contribution in [2.75, 3.05) is 19.6 Å². The number of hydrogen-bond acceptors (Lipinski definition) is 7. The van der Waals surface area contributed by atoms with E-state index in [9.17, 15) is 29.4 Å². The van der Waals surface area contributed by atoms with Crippen molar-refractivity contribution in [3.8, 4) is 0 Å². The minimum Gasteiger partial charge on any atom is -0.465 e. The normalized spacial score (nSPS) is 15.8. The maximum Gasteiger partial charge on any atom is 0.405 e. The van der Waals surface area contributed by atoms with Crippen molar-refractivity contribution in [3.05, 3.63) is 101 Å². The van der Waals surface area contributed by atoms with Crippen molar-refractivity contribution in [2.45, 2.75) is 92.2 Å². The van der Waals surface area contributed by atoms with Gasteiger partial charge in [0, 0.05) is 31.9 Å². The van der Waals surface area contributed by atoms with Gasteiger partial charge in [0.2, 0.25) is 5.91 Å². The lowest BCUT2D eigenvalue weighted by Crippen LogP contribution is -2.61. The van der Waals surface area contributed by atoms with Crippen LogP contribution in [0.15, 0.2) is 78.9 Å². The fourth-order valence-corrected chi connectivity index (χ4v) is 6.61. The summed E-state index contributed by atoms with van der Waals surface area (Å²) in [6.07, 6.45) is -2.27. The van der Waals surface area contributed by atoms with Crippen LogP contribution in [-0.4, -0.2) is 97.8 Å². The Hall–Kier alpha value is -5.01. The zero-order valence-electron chi connectivity index (χ0n) is 31.9. The van der Waals surface area contributed by atoms with E-state index in [1.807, 2.05) is 107 Å². The number of rotatable bonds is 15. The fraction of sp³-hybridized carbons (Fsp3) is 0.475. The molecule has 4 atom stereocenters. The van der Waals surface area contributed by atoms with Crippen LogP contribution >= 0.6 is 0 Å². The zero-order valence-corrected chi connectivity index (χ0v) is 31.9. The highest BCUT2D eigenvalue weighted by atomic mass is 16.4. The monoisotopic (exact) mass is 729 g/mol. The summed E-state index contributed by atoms with van der Waals surface area (Å²) >= 11 is 0. The highest BCUT2D eigenvalue weighted by Gasteiger charge is 2.44. The van der Waals surface area contributed by atoms with E-state index in [0.29, 0.717) is 19.6 Å². The highest BCUT2D eigenvalue weighted by Crippen LogP contribution is 2.29. The van der Waals surface area contributed by atoms with Gasteiger partial charge in [-0.15, -0.1) is 0 Å². The maximum atomic E-state index is 14.4. The van der Waals surface area contributed by atoms with Crippen LogP contribution in [-0.2, 0) is 29.1 Å². The minimum absolute atomic E-state index is 0.109. The van der Waals surface area contributed by atoms with E-state index >= 15 is 0 Å². The molecule has 5 N–H and O–H groups in total. The molecular weight excluding hydrogens is 674 g/mol. The number of hydrogen-bond donors (Lipinski definition) is 5. The van der Waals surface area contributed by atoms with E-state index in [-0.39, 0.29) is 25.5 Å². The molecule has 286 valence electrons. The van der Waals surface area contributed by atoms with Gasteiger partial charge in [-0.05, 0) is 47.4 Å². The first-order chi connectivity index (χ1) is 24.9. The Morgan fingerprint density at radius 3 is 2.02 bits per heavy atom. The summed E-state index contributed by atoms with van der Waals surface area (Å²) < 4.78 is 0. The minimum atomic E-state index is -1.33. The fourth-order valence-electron chi connectivity index (χ4n) is 6.61. The van der Waals surface area contributed by atoms with E-state index in [2.05, 4.69) is 21.0 Å². The van der Waals surface area contributed by atoms with Crippen molar-refractivity contribution in [3.63, 3.8) is 0 Å². The van der Waals surface area contributed by atoms with Crippen LogP contribution in [0.5, 0.6) is 0 Å². The van der Waals surface area contributed by atoms with Crippen LogP contribution in [0, 0.1) is 17.8 Å². The van der Waals surface area contributed by atoms with Gasteiger partial charge < -0.3 is 30.6 Å². The highest BCUT2D eigenvalue weighted by molar-refractivity contribution is 5.89. The molecular formula is C40H55N7O6. The molecule has 13 nitrogen and oxygen atoms in total. The number of aryl methyl sites for hydroxylation is 1. The lowest BCUT2D eigenvalue weighted by atomic mass is 9.84. The van der Waals surface area contributed by atoms with E-state index in [0.717, 1.165) is 22.5 Å². The molecule has 1 fully saturated rings. The van der Waals surface area contributed by atoms with Gasteiger partial charge in [0.1, 0.15) is 12.1 Å². The Balaban J connectivity index is 1.59. The van der Waals surface area contributed by atoms with Crippen LogP contribution in [0.2, 0.25) is 0 Å². The Kier molecular flexibility index (Phi) is 13.6. The predicted molar refractivity (Wildman–Crippen MR) is 202 cm³/mol. The summed E-state index contributed by atoms with van der Waals surface area (Å²) in [5.74, 6) is -0.990. The van der Waals surface area contributed by atoms with Crippen molar-refractivity contribution in [1.29, 1.82) is 0 Å². The molecule has 0 spiro atoms. The first-order valence-electron chi connectivity index (χ1n) is 18.0. The van der Waals surface area contributed by atoms with Gasteiger partial charge in [-0.3, -0.25) is 20.0 Å². The number of nitrogens with zero attached hydrogens (tertiary/aromatic N) is 4. The SMILES string of the molecule is Cc1cccc(CN2CCN([C@H](C(=O)N[C@@H](Cc3ccccc3)[C@@H](O)CN(Cc3ccccc3)NC(=O)[C@@H](NC(=O)O)C(C)(C)C)C(C)(C)C)C2=O)n1. The predicted octanol–water partition coefficient (Wildman–Crippen LogP) is 4.35. The van der Waals surface area contributed by atoms with Crippen molar-refractivity contribution < 1.29 is 29.4 Å². The van der Waals surface area contributed by atoms with Crippen molar-refractivity contribution >= 4 is 23.9 Å². The first-order valence-corrected chi connectivity index (χ1v) is 18.0. The summed E-state index contributed by atoms with van der Waals surface area (Å²) in [4.78, 5) is 61.3. The molecule has 3 aromatic rings. The third kappa shape index (κ3) is 11.7. The summed E-state index contributed by atoms with van der Waals surface area (Å²) in [5.41, 5.74) is 4.75. The summed E-state index contributed by atoms with van der Waals surface area (Å²) in [5, 5.41) is 28.4. The van der Waals surface area contributed by atoms with Gasteiger partial charge in [0.25, 0.3) is 5.91 Å². The van der Waals surface area contributed by atoms with E-state index in [1.165, 1.54) is 5.01 Å². The topological polar surface area (TPSA) is 167 Å². The Labute approximate surface area is 312 Å². The van der Waals surface area contributed by atoms with Gasteiger partial charge in [-0.25, -0.2) is 14.6 Å². The number of pyridine rings is 1. The summed E-state index contributed by atoms with van der Waals surface area (Å²) in [6, 6.07) is 21.4. The molecule has 5 amide bonds. The number of carboxylic acid groups (broad SMARTS) is 1. The third-order valence-electron chi connectivity index (χ3n) is 9.18. The Morgan fingerprint density at radius 2 is 1.45 bits per heavy atom. The molecule has 0 saturated carbocycles. The molecule has 0 bridgehead atoms. The lowest BCUT2D eigenvalue weighted by Gasteiger charge is -2.38. The van der Waals surface area contributed by atoms with Gasteiger partial charge in [0.05, 0.1) is 24.4 Å². The largest absolute Gasteiger partial charge is 0.465 e. The zero-order chi connectivity index (χ0) is 38.9. The van der Waals surface area contributed by atoms with Crippen LogP contribution < -0.4 is 16.1 Å². The maximum absolute atomic E-state index is 14.4. The molecule has 0 radical (unpaired) electrons. The smallest absolute Gasteiger partial charge is 0.405 e. The Bertz CT molecular complexity index is 1690. The second-order valence-corrected chi connectivity index (χ2v) is 15.9. The van der Waals surface area contributed by atoms with E-state index < -0.39 is 53.0 Å². The van der Waals surface area contributed by atoms with Crippen molar-refractivity contribution in [2.24, 2.45) is 10.8 Å². The van der Waals surface area contributed by atoms with Gasteiger partial charge in [-0.2, -0.15) is 0 Å². The quantitative estimate of drug-likeness (QED) is 0.144. The number of benzene rings is 2. The molecule has 13 heteroatoms. The van der Waals surface area contributed by atoms with Crippen molar-refractivity contribution in [1.82, 2.24) is 35.9 Å².